The van der Waals surface area contributed by atoms with Gasteiger partial charge in [-0.05, 0) is 67.6 Å². The van der Waals surface area contributed by atoms with Crippen LogP contribution < -0.4 is 5.63 Å². The van der Waals surface area contributed by atoms with Crippen LogP contribution in [0.25, 0.3) is 11.0 Å². The van der Waals surface area contributed by atoms with E-state index in [1.165, 1.54) is 30.3 Å². The van der Waals surface area contributed by atoms with Gasteiger partial charge in [0.2, 0.25) is 0 Å². The number of fused-ring (bicyclic) bond motifs is 3. The van der Waals surface area contributed by atoms with Crippen LogP contribution in [0.4, 0.5) is 0 Å². The predicted molar refractivity (Wildman–Crippen MR) is 102 cm³/mol. The van der Waals surface area contributed by atoms with Crippen LogP contribution in [0.15, 0.2) is 56.6 Å². The van der Waals surface area contributed by atoms with Crippen molar-refractivity contribution in [1.29, 1.82) is 0 Å². The maximum Gasteiger partial charge on any atom is 0.339 e. The number of hydrogen-bond donors (Lipinski definition) is 2. The van der Waals surface area contributed by atoms with Crippen LogP contribution in [0.2, 0.25) is 5.02 Å². The van der Waals surface area contributed by atoms with Gasteiger partial charge in [0.1, 0.15) is 11.3 Å². The van der Waals surface area contributed by atoms with Crippen LogP contribution >= 0.6 is 11.6 Å². The van der Waals surface area contributed by atoms with Gasteiger partial charge in [0.05, 0.1) is 4.90 Å². The lowest BCUT2D eigenvalue weighted by Crippen LogP contribution is -2.15. The van der Waals surface area contributed by atoms with Gasteiger partial charge in [-0.15, -0.1) is 0 Å². The number of aryl methyl sites for hydroxylation is 1. The minimum Gasteiger partial charge on any atom is -0.508 e. The van der Waals surface area contributed by atoms with Crippen molar-refractivity contribution < 1.29 is 22.5 Å². The number of hydrogen-bond acceptors (Lipinski definition) is 5. The van der Waals surface area contributed by atoms with Gasteiger partial charge in [-0.1, -0.05) is 11.6 Å². The van der Waals surface area contributed by atoms with Crippen molar-refractivity contribution in [2.24, 2.45) is 0 Å². The van der Waals surface area contributed by atoms with Crippen LogP contribution in [0, 0.1) is 0 Å². The zero-order valence-corrected chi connectivity index (χ0v) is 15.8. The van der Waals surface area contributed by atoms with Crippen molar-refractivity contribution in [2.45, 2.75) is 30.6 Å². The van der Waals surface area contributed by atoms with Crippen molar-refractivity contribution in [2.75, 3.05) is 0 Å². The SMILES string of the molecule is O=S(=O)(O)c1ccc(Cl)cc1.O=c1oc2cc(O)ccc2c2c1CCCC2. The number of phenols is 1. The maximum atomic E-state index is 11.7. The third-order valence-corrected chi connectivity index (χ3v) is 5.44. The predicted octanol–water partition coefficient (Wildman–Crippen LogP) is 3.96. The highest BCUT2D eigenvalue weighted by atomic mass is 35.5. The molecule has 8 heteroatoms. The molecule has 4 rings (SSSR count). The molecule has 2 N–H and O–H groups in total. The molecule has 1 aliphatic rings. The van der Waals surface area contributed by atoms with E-state index in [1.54, 1.807) is 6.07 Å². The van der Waals surface area contributed by atoms with E-state index in [4.69, 9.17) is 20.6 Å². The monoisotopic (exact) mass is 408 g/mol. The van der Waals surface area contributed by atoms with Gasteiger partial charge in [0.15, 0.2) is 0 Å². The van der Waals surface area contributed by atoms with Crippen LogP contribution in [0.1, 0.15) is 24.0 Å². The molecule has 1 aromatic heterocycles. The molecule has 6 nitrogen and oxygen atoms in total. The van der Waals surface area contributed by atoms with Crippen LogP contribution in [-0.2, 0) is 23.0 Å². The molecule has 3 aromatic rings. The van der Waals surface area contributed by atoms with Gasteiger partial charge in [0, 0.05) is 22.0 Å². The van der Waals surface area contributed by atoms with Crippen LogP contribution in [0.3, 0.4) is 0 Å². The van der Waals surface area contributed by atoms with Crippen LogP contribution in [0.5, 0.6) is 5.75 Å². The Kier molecular flexibility index (Phi) is 5.55. The summed E-state index contributed by atoms with van der Waals surface area (Å²) in [5, 5.41) is 10.8. The summed E-state index contributed by atoms with van der Waals surface area (Å²) >= 11 is 5.49. The average Bonchev–Trinajstić information content (AvgIpc) is 2.62. The minimum atomic E-state index is -4.08. The van der Waals surface area contributed by atoms with E-state index < -0.39 is 10.1 Å². The van der Waals surface area contributed by atoms with Gasteiger partial charge in [-0.25, -0.2) is 4.79 Å². The molecule has 0 aliphatic heterocycles. The number of phenolic OH excluding ortho intramolecular Hbond substituents is 1. The first kappa shape index (κ1) is 19.4. The molecular weight excluding hydrogens is 392 g/mol. The molecule has 1 aliphatic carbocycles. The quantitative estimate of drug-likeness (QED) is 0.466. The third-order valence-electron chi connectivity index (χ3n) is 4.32. The Labute approximate surface area is 160 Å². The molecule has 0 atom stereocenters. The number of halogens is 1. The Hall–Kier alpha value is -2.35. The lowest BCUT2D eigenvalue weighted by Gasteiger charge is -2.15. The van der Waals surface area contributed by atoms with Gasteiger partial charge in [0.25, 0.3) is 10.1 Å². The topological polar surface area (TPSA) is 105 Å². The second-order valence-electron chi connectivity index (χ2n) is 6.16. The Balaban J connectivity index is 0.000000168. The zero-order valence-electron chi connectivity index (χ0n) is 14.2. The summed E-state index contributed by atoms with van der Waals surface area (Å²) in [5.74, 6) is 0.131. The fraction of sp³-hybridized carbons (Fsp3) is 0.211. The minimum absolute atomic E-state index is 0.131. The molecule has 0 radical (unpaired) electrons. The first-order chi connectivity index (χ1) is 12.8. The fourth-order valence-electron chi connectivity index (χ4n) is 3.04. The fourth-order valence-corrected chi connectivity index (χ4v) is 3.65. The molecule has 0 unspecified atom stereocenters. The largest absolute Gasteiger partial charge is 0.508 e. The Morgan fingerprint density at radius 2 is 1.59 bits per heavy atom. The van der Waals surface area contributed by atoms with E-state index >= 15 is 0 Å². The molecule has 0 bridgehead atoms. The highest BCUT2D eigenvalue weighted by molar-refractivity contribution is 7.85. The molecule has 0 amide bonds. The lowest BCUT2D eigenvalue weighted by atomic mass is 9.91. The maximum absolute atomic E-state index is 11.7. The van der Waals surface area contributed by atoms with Crippen molar-refractivity contribution >= 4 is 32.7 Å². The van der Waals surface area contributed by atoms with Crippen molar-refractivity contribution in [3.63, 3.8) is 0 Å². The summed E-state index contributed by atoms with van der Waals surface area (Å²) < 4.78 is 34.6. The molecule has 0 saturated heterocycles. The van der Waals surface area contributed by atoms with E-state index in [0.717, 1.165) is 42.2 Å². The molecule has 1 heterocycles. The first-order valence-corrected chi connectivity index (χ1v) is 10.1. The molecular formula is C19H17ClO6S. The highest BCUT2D eigenvalue weighted by Gasteiger charge is 2.17. The summed E-state index contributed by atoms with van der Waals surface area (Å²) in [5.41, 5.74) is 2.18. The normalized spacial score (nSPS) is 13.6. The Morgan fingerprint density at radius 3 is 2.22 bits per heavy atom. The summed E-state index contributed by atoms with van der Waals surface area (Å²) in [6, 6.07) is 10.2. The first-order valence-electron chi connectivity index (χ1n) is 8.26. The summed E-state index contributed by atoms with van der Waals surface area (Å²) in [4.78, 5) is 11.6. The molecule has 2 aromatic carbocycles. The standard InChI is InChI=1S/C13H12O3.C6H5ClO3S/c14-8-5-6-10-9-3-1-2-4-11(9)13(15)16-12(10)7-8;7-5-1-3-6(4-2-5)11(8,9)10/h5-7,14H,1-4H2;1-4H,(H,8,9,10). The second kappa shape index (κ2) is 7.72. The second-order valence-corrected chi connectivity index (χ2v) is 8.02. The van der Waals surface area contributed by atoms with E-state index in [1.807, 2.05) is 6.07 Å². The third kappa shape index (κ3) is 4.50. The number of aromatic hydroxyl groups is 1. The zero-order chi connectivity index (χ0) is 19.6. The average molecular weight is 409 g/mol. The number of rotatable bonds is 1. The number of benzene rings is 2. The van der Waals surface area contributed by atoms with Crippen molar-refractivity contribution in [1.82, 2.24) is 0 Å². The lowest BCUT2D eigenvalue weighted by molar-refractivity contribution is 0.472. The smallest absolute Gasteiger partial charge is 0.339 e. The van der Waals surface area contributed by atoms with E-state index in [0.29, 0.717) is 10.6 Å². The van der Waals surface area contributed by atoms with Crippen molar-refractivity contribution in [3.05, 3.63) is 69.0 Å². The molecule has 0 saturated carbocycles. The Morgan fingerprint density at radius 1 is 0.963 bits per heavy atom. The van der Waals surface area contributed by atoms with Gasteiger partial charge < -0.3 is 9.52 Å². The summed E-state index contributed by atoms with van der Waals surface area (Å²) in [6.45, 7) is 0. The molecule has 0 fully saturated rings. The van der Waals surface area contributed by atoms with Gasteiger partial charge >= 0.3 is 5.63 Å². The molecule has 27 heavy (non-hydrogen) atoms. The van der Waals surface area contributed by atoms with E-state index in [-0.39, 0.29) is 16.3 Å². The Bertz CT molecular complexity index is 1130. The van der Waals surface area contributed by atoms with E-state index in [2.05, 4.69) is 0 Å². The van der Waals surface area contributed by atoms with Gasteiger partial charge in [-0.2, -0.15) is 8.42 Å². The van der Waals surface area contributed by atoms with Crippen LogP contribution in [-0.4, -0.2) is 18.1 Å². The molecule has 0 spiro atoms. The van der Waals surface area contributed by atoms with E-state index in [9.17, 15) is 18.3 Å². The van der Waals surface area contributed by atoms with Gasteiger partial charge in [-0.3, -0.25) is 4.55 Å². The summed E-state index contributed by atoms with van der Waals surface area (Å²) in [6.07, 6.45) is 3.92. The van der Waals surface area contributed by atoms with Crippen molar-refractivity contribution in [3.8, 4) is 5.75 Å². The highest BCUT2D eigenvalue weighted by Crippen LogP contribution is 2.28. The molecule has 142 valence electrons. The summed E-state index contributed by atoms with van der Waals surface area (Å²) in [7, 11) is -4.08.